The average Bonchev–Trinajstić information content (AvgIpc) is 2.38. The molecular formula is C12H13F3N2O5. The molecule has 1 aromatic carbocycles. The summed E-state index contributed by atoms with van der Waals surface area (Å²) >= 11 is 0. The molecule has 0 aliphatic carbocycles. The van der Waals surface area contributed by atoms with Crippen LogP contribution in [-0.2, 0) is 4.74 Å². The molecule has 0 saturated heterocycles. The molecule has 0 atom stereocenters. The van der Waals surface area contributed by atoms with Crippen LogP contribution in [0.3, 0.4) is 0 Å². The van der Waals surface area contributed by atoms with Gasteiger partial charge in [0.05, 0.1) is 17.2 Å². The highest BCUT2D eigenvalue weighted by Crippen LogP contribution is 2.33. The molecule has 10 heteroatoms. The zero-order chi connectivity index (χ0) is 16.9. The first-order chi connectivity index (χ1) is 10.2. The second-order valence-corrected chi connectivity index (χ2v) is 4.55. The lowest BCUT2D eigenvalue weighted by atomic mass is 10.2. The first-order valence-electron chi connectivity index (χ1n) is 6.07. The number of hydrogen-bond donors (Lipinski definition) is 1. The molecule has 1 aromatic rings. The lowest BCUT2D eigenvalue weighted by Gasteiger charge is -2.13. The maximum Gasteiger partial charge on any atom is 0.411 e. The van der Waals surface area contributed by atoms with Crippen molar-refractivity contribution in [2.45, 2.75) is 20.5 Å². The van der Waals surface area contributed by atoms with Crippen molar-refractivity contribution in [2.75, 3.05) is 11.9 Å². The Bertz CT molecular complexity index is 566. The smallest absolute Gasteiger partial charge is 0.411 e. The van der Waals surface area contributed by atoms with E-state index < -0.39 is 40.6 Å². The van der Waals surface area contributed by atoms with E-state index in [0.717, 1.165) is 0 Å². The van der Waals surface area contributed by atoms with Gasteiger partial charge in [0.1, 0.15) is 0 Å². The maximum atomic E-state index is 13.4. The number of anilines is 1. The molecule has 0 saturated carbocycles. The molecule has 0 bridgehead atoms. The second-order valence-electron chi connectivity index (χ2n) is 4.55. The lowest BCUT2D eigenvalue weighted by molar-refractivity contribution is -0.387. The number of ether oxygens (including phenoxy) is 2. The van der Waals surface area contributed by atoms with Gasteiger partial charge in [-0.05, 0) is 5.92 Å². The zero-order valence-electron chi connectivity index (χ0n) is 11.6. The standard InChI is InChI=1S/C12H13F3N2O5/c1-6(2)5-21-12(18)16-8-4-9(17(19)20)7(13)3-10(8)22-11(14)15/h3-4,6,11H,5H2,1-2H3,(H,16,18). The van der Waals surface area contributed by atoms with Gasteiger partial charge in [0.25, 0.3) is 0 Å². The van der Waals surface area contributed by atoms with Gasteiger partial charge in [-0.1, -0.05) is 13.8 Å². The molecule has 0 unspecified atom stereocenters. The molecule has 0 aliphatic heterocycles. The summed E-state index contributed by atoms with van der Waals surface area (Å²) in [7, 11) is 0. The minimum Gasteiger partial charge on any atom is -0.449 e. The van der Waals surface area contributed by atoms with Gasteiger partial charge >= 0.3 is 18.4 Å². The molecule has 0 radical (unpaired) electrons. The van der Waals surface area contributed by atoms with Crippen LogP contribution in [0, 0.1) is 21.8 Å². The van der Waals surface area contributed by atoms with Gasteiger partial charge in [-0.3, -0.25) is 15.4 Å². The van der Waals surface area contributed by atoms with Crippen LogP contribution in [0.15, 0.2) is 12.1 Å². The van der Waals surface area contributed by atoms with Crippen molar-refractivity contribution in [3.63, 3.8) is 0 Å². The number of carbonyl (C=O) groups excluding carboxylic acids is 1. The number of nitrogens with zero attached hydrogens (tertiary/aromatic N) is 1. The van der Waals surface area contributed by atoms with Crippen LogP contribution in [0.2, 0.25) is 0 Å². The molecule has 122 valence electrons. The Morgan fingerprint density at radius 3 is 2.55 bits per heavy atom. The quantitative estimate of drug-likeness (QED) is 0.639. The topological polar surface area (TPSA) is 90.7 Å². The highest BCUT2D eigenvalue weighted by molar-refractivity contribution is 5.87. The molecular weight excluding hydrogens is 309 g/mol. The minimum atomic E-state index is -3.30. The number of nitrogens with one attached hydrogen (secondary N) is 1. The molecule has 1 rings (SSSR count). The number of benzene rings is 1. The maximum absolute atomic E-state index is 13.4. The Morgan fingerprint density at radius 2 is 2.05 bits per heavy atom. The van der Waals surface area contributed by atoms with E-state index in [1.807, 2.05) is 5.32 Å². The van der Waals surface area contributed by atoms with Crippen molar-refractivity contribution in [1.82, 2.24) is 0 Å². The van der Waals surface area contributed by atoms with Crippen molar-refractivity contribution >= 4 is 17.5 Å². The largest absolute Gasteiger partial charge is 0.449 e. The Kier molecular flexibility index (Phi) is 5.96. The Hall–Kier alpha value is -2.52. The predicted octanol–water partition coefficient (Wildman–Crippen LogP) is 3.54. The number of nitro groups is 1. The molecule has 0 aliphatic rings. The fraction of sp³-hybridized carbons (Fsp3) is 0.417. The van der Waals surface area contributed by atoms with Crippen molar-refractivity contribution in [1.29, 1.82) is 0 Å². The number of rotatable bonds is 6. The van der Waals surface area contributed by atoms with E-state index in [-0.39, 0.29) is 12.5 Å². The van der Waals surface area contributed by atoms with E-state index in [2.05, 4.69) is 4.74 Å². The minimum absolute atomic E-state index is 0.0186. The third kappa shape index (κ3) is 5.11. The summed E-state index contributed by atoms with van der Waals surface area (Å²) < 4.78 is 46.7. The van der Waals surface area contributed by atoms with Crippen molar-refractivity contribution < 1.29 is 32.4 Å². The molecule has 7 nitrogen and oxygen atoms in total. The van der Waals surface area contributed by atoms with Crippen LogP contribution in [0.25, 0.3) is 0 Å². The van der Waals surface area contributed by atoms with Gasteiger partial charge in [-0.2, -0.15) is 13.2 Å². The summed E-state index contributed by atoms with van der Waals surface area (Å²) in [6.45, 7) is 0.274. The molecule has 22 heavy (non-hydrogen) atoms. The lowest BCUT2D eigenvalue weighted by Crippen LogP contribution is -2.18. The molecule has 0 fully saturated rings. The van der Waals surface area contributed by atoms with Crippen LogP contribution in [0.1, 0.15) is 13.8 Å². The second kappa shape index (κ2) is 7.48. The van der Waals surface area contributed by atoms with Crippen molar-refractivity contribution in [2.24, 2.45) is 5.92 Å². The molecule has 0 spiro atoms. The first kappa shape index (κ1) is 17.5. The monoisotopic (exact) mass is 322 g/mol. The first-order valence-corrected chi connectivity index (χ1v) is 6.07. The van der Waals surface area contributed by atoms with Gasteiger partial charge in [0.2, 0.25) is 5.82 Å². The predicted molar refractivity (Wildman–Crippen MR) is 69.5 cm³/mol. The van der Waals surface area contributed by atoms with Crippen LogP contribution in [0.4, 0.5) is 29.3 Å². The highest BCUT2D eigenvalue weighted by Gasteiger charge is 2.22. The molecule has 0 heterocycles. The van der Waals surface area contributed by atoms with E-state index in [1.165, 1.54) is 0 Å². The molecule has 0 aromatic heterocycles. The number of carbonyl (C=O) groups is 1. The zero-order valence-corrected chi connectivity index (χ0v) is 11.6. The highest BCUT2D eigenvalue weighted by atomic mass is 19.3. The summed E-state index contributed by atoms with van der Waals surface area (Å²) in [6, 6.07) is 0.964. The van der Waals surface area contributed by atoms with Gasteiger partial charge in [0, 0.05) is 12.1 Å². The normalized spacial score (nSPS) is 10.7. The number of hydrogen-bond acceptors (Lipinski definition) is 5. The fourth-order valence-corrected chi connectivity index (χ4v) is 1.36. The van der Waals surface area contributed by atoms with Crippen LogP contribution in [0.5, 0.6) is 5.75 Å². The Labute approximate surface area is 123 Å². The number of halogens is 3. The van der Waals surface area contributed by atoms with E-state index in [9.17, 15) is 28.1 Å². The number of nitro benzene ring substituents is 1. The van der Waals surface area contributed by atoms with Gasteiger partial charge in [0.15, 0.2) is 5.75 Å². The van der Waals surface area contributed by atoms with Crippen molar-refractivity contribution in [3.05, 3.63) is 28.1 Å². The van der Waals surface area contributed by atoms with E-state index in [4.69, 9.17) is 4.74 Å². The summed E-state index contributed by atoms with van der Waals surface area (Å²) in [4.78, 5) is 21.1. The third-order valence-electron chi connectivity index (χ3n) is 2.25. The van der Waals surface area contributed by atoms with Gasteiger partial charge < -0.3 is 9.47 Å². The van der Waals surface area contributed by atoms with Crippen LogP contribution < -0.4 is 10.1 Å². The third-order valence-corrected chi connectivity index (χ3v) is 2.25. The summed E-state index contributed by atoms with van der Waals surface area (Å²) in [5.74, 6) is -2.11. The summed E-state index contributed by atoms with van der Waals surface area (Å²) in [6.07, 6.45) is -1.03. The SMILES string of the molecule is CC(C)COC(=O)Nc1cc([N+](=O)[O-])c(F)cc1OC(F)F. The van der Waals surface area contributed by atoms with Crippen LogP contribution in [-0.4, -0.2) is 24.2 Å². The molecule has 1 N–H and O–H groups in total. The average molecular weight is 322 g/mol. The van der Waals surface area contributed by atoms with E-state index in [1.54, 1.807) is 13.8 Å². The summed E-state index contributed by atoms with van der Waals surface area (Å²) in [5, 5.41) is 12.6. The van der Waals surface area contributed by atoms with Gasteiger partial charge in [-0.15, -0.1) is 0 Å². The summed E-state index contributed by atoms with van der Waals surface area (Å²) in [5.41, 5.74) is -1.50. The molecule has 1 amide bonds. The number of amides is 1. The number of alkyl halides is 2. The van der Waals surface area contributed by atoms with E-state index in [0.29, 0.717) is 12.1 Å². The van der Waals surface area contributed by atoms with Crippen LogP contribution >= 0.6 is 0 Å². The Morgan fingerprint density at radius 1 is 1.41 bits per heavy atom. The van der Waals surface area contributed by atoms with Gasteiger partial charge in [-0.25, -0.2) is 4.79 Å². The van der Waals surface area contributed by atoms with E-state index >= 15 is 0 Å². The van der Waals surface area contributed by atoms with Crippen molar-refractivity contribution in [3.8, 4) is 5.75 Å². The Balaban J connectivity index is 3.05. The fourth-order valence-electron chi connectivity index (χ4n) is 1.36.